The van der Waals surface area contributed by atoms with Gasteiger partial charge in [-0.05, 0) is 68.7 Å². The highest BCUT2D eigenvalue weighted by Gasteiger charge is 2.28. The maximum Gasteiger partial charge on any atom is 0.243 e. The molecule has 1 atom stereocenters. The molecule has 0 saturated carbocycles. The third-order valence-corrected chi connectivity index (χ3v) is 5.19. The Hall–Kier alpha value is -3.22. The van der Waals surface area contributed by atoms with Crippen molar-refractivity contribution in [2.75, 3.05) is 20.8 Å². The number of rotatable bonds is 13. The van der Waals surface area contributed by atoms with Crippen molar-refractivity contribution in [1.82, 2.24) is 10.2 Å². The van der Waals surface area contributed by atoms with Crippen molar-refractivity contribution in [3.8, 4) is 17.2 Å². The maximum absolute atomic E-state index is 13.2. The minimum atomic E-state index is -0.537. The Labute approximate surface area is 197 Å². The molecule has 180 valence electrons. The number of carbonyl (C=O) groups excluding carboxylic acids is 2. The molecule has 0 saturated heterocycles. The first kappa shape index (κ1) is 26.0. The molecule has 33 heavy (non-hydrogen) atoms. The number of carbonyl (C=O) groups is 2. The van der Waals surface area contributed by atoms with Crippen molar-refractivity contribution in [3.05, 3.63) is 54.1 Å². The van der Waals surface area contributed by atoms with Gasteiger partial charge in [-0.15, -0.1) is 0 Å². The molecule has 0 bridgehead atoms. The lowest BCUT2D eigenvalue weighted by Gasteiger charge is -2.31. The standard InChI is InChI=1S/C26H36N2O5/c1-6-24(26(30)27-19(2)3)28(18-20-9-11-21(31-4)12-10-20)25(29)8-7-17-33-23-15-13-22(32-5)14-16-23/h9-16,19,24H,6-8,17-18H2,1-5H3,(H,27,30). The highest BCUT2D eigenvalue weighted by atomic mass is 16.5. The van der Waals surface area contributed by atoms with E-state index in [0.29, 0.717) is 26.0 Å². The Morgan fingerprint density at radius 2 is 1.45 bits per heavy atom. The Kier molecular flexibility index (Phi) is 10.5. The van der Waals surface area contributed by atoms with Gasteiger partial charge in [0.2, 0.25) is 11.8 Å². The molecular weight excluding hydrogens is 420 g/mol. The Bertz CT molecular complexity index is 865. The molecule has 1 N–H and O–H groups in total. The maximum atomic E-state index is 13.2. The molecule has 0 heterocycles. The van der Waals surface area contributed by atoms with Gasteiger partial charge in [0.1, 0.15) is 23.3 Å². The summed E-state index contributed by atoms with van der Waals surface area (Å²) in [5.74, 6) is 2.02. The zero-order valence-electron chi connectivity index (χ0n) is 20.3. The van der Waals surface area contributed by atoms with Gasteiger partial charge in [0.25, 0.3) is 0 Å². The van der Waals surface area contributed by atoms with Crippen molar-refractivity contribution >= 4 is 11.8 Å². The molecule has 0 radical (unpaired) electrons. The molecule has 1 unspecified atom stereocenters. The zero-order chi connectivity index (χ0) is 24.2. The van der Waals surface area contributed by atoms with Gasteiger partial charge < -0.3 is 24.4 Å². The molecule has 2 amide bonds. The molecule has 0 fully saturated rings. The van der Waals surface area contributed by atoms with Crippen LogP contribution < -0.4 is 19.5 Å². The van der Waals surface area contributed by atoms with Gasteiger partial charge in [-0.3, -0.25) is 9.59 Å². The molecule has 7 nitrogen and oxygen atoms in total. The van der Waals surface area contributed by atoms with Crippen LogP contribution in [0.2, 0.25) is 0 Å². The molecule has 0 aliphatic heterocycles. The predicted molar refractivity (Wildman–Crippen MR) is 129 cm³/mol. The fourth-order valence-corrected chi connectivity index (χ4v) is 3.46. The smallest absolute Gasteiger partial charge is 0.243 e. The molecule has 2 rings (SSSR count). The normalized spacial score (nSPS) is 11.6. The summed E-state index contributed by atoms with van der Waals surface area (Å²) in [5.41, 5.74) is 0.939. The summed E-state index contributed by atoms with van der Waals surface area (Å²) in [7, 11) is 3.23. The number of hydrogen-bond acceptors (Lipinski definition) is 5. The van der Waals surface area contributed by atoms with Crippen LogP contribution in [0.15, 0.2) is 48.5 Å². The second-order valence-electron chi connectivity index (χ2n) is 8.08. The van der Waals surface area contributed by atoms with Crippen LogP contribution in [-0.2, 0) is 16.1 Å². The second kappa shape index (κ2) is 13.4. The predicted octanol–water partition coefficient (Wildman–Crippen LogP) is 4.19. The first-order valence-electron chi connectivity index (χ1n) is 11.4. The Morgan fingerprint density at radius 3 is 1.97 bits per heavy atom. The minimum Gasteiger partial charge on any atom is -0.497 e. The SMILES string of the molecule is CCC(C(=O)NC(C)C)N(Cc1ccc(OC)cc1)C(=O)CCCOc1ccc(OC)cc1. The lowest BCUT2D eigenvalue weighted by molar-refractivity contribution is -0.141. The quantitative estimate of drug-likeness (QED) is 0.457. The number of nitrogens with one attached hydrogen (secondary N) is 1. The molecule has 0 spiro atoms. The first-order valence-corrected chi connectivity index (χ1v) is 11.4. The minimum absolute atomic E-state index is 0.00221. The van der Waals surface area contributed by atoms with Gasteiger partial charge in [-0.25, -0.2) is 0 Å². The second-order valence-corrected chi connectivity index (χ2v) is 8.08. The van der Waals surface area contributed by atoms with Gasteiger partial charge in [0.15, 0.2) is 0 Å². The zero-order valence-corrected chi connectivity index (χ0v) is 20.3. The summed E-state index contributed by atoms with van der Waals surface area (Å²) < 4.78 is 16.1. The van der Waals surface area contributed by atoms with Crippen LogP contribution >= 0.6 is 0 Å². The van der Waals surface area contributed by atoms with Crippen molar-refractivity contribution in [3.63, 3.8) is 0 Å². The molecule has 0 aliphatic carbocycles. The third-order valence-electron chi connectivity index (χ3n) is 5.19. The Balaban J connectivity index is 2.04. The summed E-state index contributed by atoms with van der Waals surface area (Å²) in [5, 5.41) is 2.94. The molecule has 7 heteroatoms. The topological polar surface area (TPSA) is 77.1 Å². The summed E-state index contributed by atoms with van der Waals surface area (Å²) in [6.45, 7) is 6.51. The largest absolute Gasteiger partial charge is 0.497 e. The van der Waals surface area contributed by atoms with E-state index in [1.54, 1.807) is 19.1 Å². The fraction of sp³-hybridized carbons (Fsp3) is 0.462. The number of methoxy groups -OCH3 is 2. The van der Waals surface area contributed by atoms with Gasteiger partial charge >= 0.3 is 0 Å². The van der Waals surface area contributed by atoms with Gasteiger partial charge in [0, 0.05) is 19.0 Å². The van der Waals surface area contributed by atoms with E-state index in [-0.39, 0.29) is 24.3 Å². The van der Waals surface area contributed by atoms with Gasteiger partial charge in [-0.1, -0.05) is 19.1 Å². The van der Waals surface area contributed by atoms with E-state index < -0.39 is 6.04 Å². The van der Waals surface area contributed by atoms with Crippen LogP contribution in [0.5, 0.6) is 17.2 Å². The number of hydrogen-bond donors (Lipinski definition) is 1. The van der Waals surface area contributed by atoms with Crippen molar-refractivity contribution in [1.29, 1.82) is 0 Å². The van der Waals surface area contributed by atoms with E-state index in [2.05, 4.69) is 5.32 Å². The van der Waals surface area contributed by atoms with E-state index >= 15 is 0 Å². The van der Waals surface area contributed by atoms with E-state index in [9.17, 15) is 9.59 Å². The van der Waals surface area contributed by atoms with Crippen molar-refractivity contribution < 1.29 is 23.8 Å². The van der Waals surface area contributed by atoms with Crippen LogP contribution in [0.4, 0.5) is 0 Å². The average molecular weight is 457 g/mol. The fourth-order valence-electron chi connectivity index (χ4n) is 3.46. The average Bonchev–Trinajstić information content (AvgIpc) is 2.82. The molecule has 0 aromatic heterocycles. The van der Waals surface area contributed by atoms with Crippen LogP contribution in [0.25, 0.3) is 0 Å². The lowest BCUT2D eigenvalue weighted by Crippen LogP contribution is -2.50. The van der Waals surface area contributed by atoms with Crippen LogP contribution in [0, 0.1) is 0 Å². The van der Waals surface area contributed by atoms with Crippen molar-refractivity contribution in [2.45, 2.75) is 58.7 Å². The first-order chi connectivity index (χ1) is 15.9. The monoisotopic (exact) mass is 456 g/mol. The van der Waals surface area contributed by atoms with E-state index in [0.717, 1.165) is 22.8 Å². The number of benzene rings is 2. The van der Waals surface area contributed by atoms with E-state index in [4.69, 9.17) is 14.2 Å². The number of nitrogens with zero attached hydrogens (tertiary/aromatic N) is 1. The summed E-state index contributed by atoms with van der Waals surface area (Å²) in [6, 6.07) is 14.3. The van der Waals surface area contributed by atoms with E-state index in [1.165, 1.54) is 0 Å². The van der Waals surface area contributed by atoms with Crippen LogP contribution in [-0.4, -0.2) is 49.6 Å². The molecule has 0 aliphatic rings. The van der Waals surface area contributed by atoms with E-state index in [1.807, 2.05) is 69.3 Å². The number of ether oxygens (including phenoxy) is 3. The summed E-state index contributed by atoms with van der Waals surface area (Å²) >= 11 is 0. The third kappa shape index (κ3) is 8.33. The highest BCUT2D eigenvalue weighted by Crippen LogP contribution is 2.19. The molecule has 2 aromatic carbocycles. The van der Waals surface area contributed by atoms with Gasteiger partial charge in [0.05, 0.1) is 20.8 Å². The lowest BCUT2D eigenvalue weighted by atomic mass is 10.1. The summed E-state index contributed by atoms with van der Waals surface area (Å²) in [6.07, 6.45) is 1.37. The summed E-state index contributed by atoms with van der Waals surface area (Å²) in [4.78, 5) is 27.7. The highest BCUT2D eigenvalue weighted by molar-refractivity contribution is 5.87. The van der Waals surface area contributed by atoms with Crippen LogP contribution in [0.3, 0.4) is 0 Å². The molecular formula is C26H36N2O5. The number of amides is 2. The van der Waals surface area contributed by atoms with Crippen molar-refractivity contribution in [2.24, 2.45) is 0 Å². The Morgan fingerprint density at radius 1 is 0.909 bits per heavy atom. The van der Waals surface area contributed by atoms with Crippen LogP contribution in [0.1, 0.15) is 45.6 Å². The van der Waals surface area contributed by atoms with Gasteiger partial charge in [-0.2, -0.15) is 0 Å². The molecule has 2 aromatic rings.